The van der Waals surface area contributed by atoms with E-state index in [1.807, 2.05) is 0 Å². The van der Waals surface area contributed by atoms with E-state index in [1.54, 1.807) is 0 Å². The molecule has 94 valence electrons. The van der Waals surface area contributed by atoms with Gasteiger partial charge in [0.1, 0.15) is 0 Å². The number of rotatable bonds is 5. The molecule has 2 rings (SSSR count). The third-order valence-electron chi connectivity index (χ3n) is 3.94. The Morgan fingerprint density at radius 3 is 2.59 bits per heavy atom. The predicted molar refractivity (Wildman–Crippen MR) is 74.4 cm³/mol. The van der Waals surface area contributed by atoms with Gasteiger partial charge in [-0.25, -0.2) is 0 Å². The maximum atomic E-state index is 3.61. The van der Waals surface area contributed by atoms with Gasteiger partial charge >= 0.3 is 0 Å². The molecule has 0 radical (unpaired) electrons. The van der Waals surface area contributed by atoms with Gasteiger partial charge < -0.3 is 5.32 Å². The summed E-state index contributed by atoms with van der Waals surface area (Å²) in [7, 11) is 0. The van der Waals surface area contributed by atoms with Crippen LogP contribution in [0.15, 0.2) is 24.3 Å². The Morgan fingerprint density at radius 2 is 2.06 bits per heavy atom. The summed E-state index contributed by atoms with van der Waals surface area (Å²) in [6, 6.07) is 9.65. The third kappa shape index (κ3) is 3.32. The molecule has 1 fully saturated rings. The monoisotopic (exact) mass is 231 g/mol. The topological polar surface area (TPSA) is 12.0 Å². The molecule has 0 amide bonds. The summed E-state index contributed by atoms with van der Waals surface area (Å²) in [6.45, 7) is 7.78. The highest BCUT2D eigenvalue weighted by Gasteiger charge is 2.28. The lowest BCUT2D eigenvalue weighted by atomic mass is 9.73. The van der Waals surface area contributed by atoms with Gasteiger partial charge in [0.15, 0.2) is 0 Å². The first-order chi connectivity index (χ1) is 8.16. The lowest BCUT2D eigenvalue weighted by molar-refractivity contribution is 0.252. The second-order valence-corrected chi connectivity index (χ2v) is 5.77. The summed E-state index contributed by atoms with van der Waals surface area (Å²) in [5.74, 6) is 1.62. The molecule has 1 nitrogen and oxygen atoms in total. The number of hydrogen-bond donors (Lipinski definition) is 1. The summed E-state index contributed by atoms with van der Waals surface area (Å²) in [4.78, 5) is 0. The van der Waals surface area contributed by atoms with E-state index in [2.05, 4.69) is 50.4 Å². The van der Waals surface area contributed by atoms with Gasteiger partial charge in [-0.2, -0.15) is 0 Å². The van der Waals surface area contributed by atoms with Crippen molar-refractivity contribution in [2.45, 2.75) is 52.0 Å². The highest BCUT2D eigenvalue weighted by molar-refractivity contribution is 5.26. The van der Waals surface area contributed by atoms with Gasteiger partial charge in [-0.15, -0.1) is 0 Å². The fraction of sp³-hybridized carbons (Fsp3) is 0.625. The van der Waals surface area contributed by atoms with Crippen molar-refractivity contribution in [1.82, 2.24) is 5.32 Å². The molecule has 1 heteroatoms. The average Bonchev–Trinajstić information content (AvgIpc) is 2.21. The van der Waals surface area contributed by atoms with Crippen LogP contribution in [-0.2, 0) is 0 Å². The molecular weight excluding hydrogens is 206 g/mol. The van der Waals surface area contributed by atoms with E-state index in [4.69, 9.17) is 0 Å². The van der Waals surface area contributed by atoms with Crippen molar-refractivity contribution < 1.29 is 0 Å². The Bertz CT molecular complexity index is 352. The number of nitrogens with one attached hydrogen (secondary N) is 1. The van der Waals surface area contributed by atoms with Gasteiger partial charge in [0.25, 0.3) is 0 Å². The predicted octanol–water partition coefficient (Wildman–Crippen LogP) is 3.88. The Hall–Kier alpha value is -0.820. The average molecular weight is 231 g/mol. The summed E-state index contributed by atoms with van der Waals surface area (Å²) in [6.07, 6.45) is 4.26. The van der Waals surface area contributed by atoms with Gasteiger partial charge in [-0.3, -0.25) is 0 Å². The maximum Gasteiger partial charge on any atom is 0.00251 e. The molecule has 1 aromatic rings. The molecule has 0 aliphatic heterocycles. The zero-order valence-corrected chi connectivity index (χ0v) is 11.4. The van der Waals surface area contributed by atoms with Crippen molar-refractivity contribution in [2.75, 3.05) is 6.54 Å². The first-order valence-corrected chi connectivity index (χ1v) is 6.97. The van der Waals surface area contributed by atoms with Crippen molar-refractivity contribution >= 4 is 0 Å². The molecule has 1 atom stereocenters. The van der Waals surface area contributed by atoms with E-state index in [1.165, 1.54) is 30.4 Å². The van der Waals surface area contributed by atoms with Gasteiger partial charge in [0, 0.05) is 12.6 Å². The molecule has 1 unspecified atom stereocenters. The zero-order valence-electron chi connectivity index (χ0n) is 11.4. The normalized spacial score (nSPS) is 18.1. The van der Waals surface area contributed by atoms with Gasteiger partial charge in [-0.05, 0) is 37.2 Å². The van der Waals surface area contributed by atoms with Crippen LogP contribution in [0.2, 0.25) is 0 Å². The molecule has 0 spiro atoms. The Kier molecular flexibility index (Phi) is 4.22. The third-order valence-corrected chi connectivity index (χ3v) is 3.94. The first-order valence-electron chi connectivity index (χ1n) is 6.97. The molecule has 1 aromatic carbocycles. The van der Waals surface area contributed by atoms with E-state index < -0.39 is 0 Å². The lowest BCUT2D eigenvalue weighted by Gasteiger charge is -2.35. The van der Waals surface area contributed by atoms with Crippen LogP contribution in [0, 0.1) is 12.8 Å². The second-order valence-electron chi connectivity index (χ2n) is 5.77. The van der Waals surface area contributed by atoms with Gasteiger partial charge in [0.05, 0.1) is 0 Å². The Morgan fingerprint density at radius 1 is 1.29 bits per heavy atom. The van der Waals surface area contributed by atoms with E-state index in [9.17, 15) is 0 Å². The summed E-state index contributed by atoms with van der Waals surface area (Å²) in [5, 5.41) is 3.61. The van der Waals surface area contributed by atoms with Crippen molar-refractivity contribution in [2.24, 2.45) is 5.92 Å². The van der Waals surface area contributed by atoms with E-state index in [-0.39, 0.29) is 0 Å². The van der Waals surface area contributed by atoms with Crippen molar-refractivity contribution in [3.63, 3.8) is 0 Å². The van der Waals surface area contributed by atoms with Gasteiger partial charge in [-0.1, -0.05) is 50.1 Å². The quantitative estimate of drug-likeness (QED) is 0.811. The fourth-order valence-corrected chi connectivity index (χ4v) is 2.66. The minimum absolute atomic E-state index is 0.586. The van der Waals surface area contributed by atoms with Crippen LogP contribution >= 0.6 is 0 Å². The first kappa shape index (κ1) is 12.6. The highest BCUT2D eigenvalue weighted by atomic mass is 14.9. The number of benzene rings is 1. The smallest absolute Gasteiger partial charge is 0.00251 e. The van der Waals surface area contributed by atoms with Crippen LogP contribution in [0.1, 0.15) is 50.2 Å². The maximum absolute atomic E-state index is 3.61. The standard InChI is InChI=1S/C16H25N/c1-12(2)17-11-16(14-7-5-8-14)15-9-4-6-13(3)10-15/h4,6,9-10,12,14,16-17H,5,7-8,11H2,1-3H3. The summed E-state index contributed by atoms with van der Waals surface area (Å²) < 4.78 is 0. The van der Waals surface area contributed by atoms with Crippen molar-refractivity contribution in [1.29, 1.82) is 0 Å². The number of aryl methyl sites for hydroxylation is 1. The molecule has 1 saturated carbocycles. The van der Waals surface area contributed by atoms with Crippen LogP contribution in [0.4, 0.5) is 0 Å². The van der Waals surface area contributed by atoms with Gasteiger partial charge in [0.2, 0.25) is 0 Å². The fourth-order valence-electron chi connectivity index (χ4n) is 2.66. The Labute approximate surface area is 106 Å². The van der Waals surface area contributed by atoms with Crippen molar-refractivity contribution in [3.05, 3.63) is 35.4 Å². The molecule has 0 aromatic heterocycles. The summed E-state index contributed by atoms with van der Waals surface area (Å²) in [5.41, 5.74) is 2.92. The molecule has 1 aliphatic rings. The minimum atomic E-state index is 0.586. The molecule has 0 saturated heterocycles. The Balaban J connectivity index is 2.08. The zero-order chi connectivity index (χ0) is 12.3. The van der Waals surface area contributed by atoms with E-state index in [0.717, 1.165) is 12.5 Å². The van der Waals surface area contributed by atoms with Crippen LogP contribution in [0.25, 0.3) is 0 Å². The molecule has 17 heavy (non-hydrogen) atoms. The largest absolute Gasteiger partial charge is 0.314 e. The highest BCUT2D eigenvalue weighted by Crippen LogP contribution is 2.39. The molecule has 1 aliphatic carbocycles. The molecule has 0 heterocycles. The molecule has 0 bridgehead atoms. The number of hydrogen-bond acceptors (Lipinski definition) is 1. The van der Waals surface area contributed by atoms with Crippen molar-refractivity contribution in [3.8, 4) is 0 Å². The lowest BCUT2D eigenvalue weighted by Crippen LogP contribution is -2.33. The molecule has 1 N–H and O–H groups in total. The van der Waals surface area contributed by atoms with E-state index >= 15 is 0 Å². The molecular formula is C16H25N. The summed E-state index contributed by atoms with van der Waals surface area (Å²) >= 11 is 0. The van der Waals surface area contributed by atoms with Crippen LogP contribution in [0.3, 0.4) is 0 Å². The van der Waals surface area contributed by atoms with Crippen LogP contribution in [-0.4, -0.2) is 12.6 Å². The van der Waals surface area contributed by atoms with Crippen LogP contribution < -0.4 is 5.32 Å². The van der Waals surface area contributed by atoms with E-state index in [0.29, 0.717) is 12.0 Å². The SMILES string of the molecule is Cc1cccc(C(CNC(C)C)C2CCC2)c1. The minimum Gasteiger partial charge on any atom is -0.314 e. The van der Waals surface area contributed by atoms with Crippen LogP contribution in [0.5, 0.6) is 0 Å². The second kappa shape index (κ2) is 5.68.